The van der Waals surface area contributed by atoms with Gasteiger partial charge in [0.2, 0.25) is 0 Å². The van der Waals surface area contributed by atoms with E-state index in [-0.39, 0.29) is 0 Å². The first-order valence-electron chi connectivity index (χ1n) is 2.12. The van der Waals surface area contributed by atoms with Gasteiger partial charge in [-0.25, -0.2) is 10.9 Å². The Morgan fingerprint density at radius 3 is 1.75 bits per heavy atom. The monoisotopic (exact) mass is 120 g/mol. The molecular formula is C2H8N4O2. The van der Waals surface area contributed by atoms with Crippen molar-refractivity contribution in [3.8, 4) is 0 Å². The summed E-state index contributed by atoms with van der Waals surface area (Å²) in [5, 5.41) is 18.1. The zero-order valence-electron chi connectivity index (χ0n) is 4.07. The van der Waals surface area contributed by atoms with Gasteiger partial charge >= 0.3 is 0 Å². The summed E-state index contributed by atoms with van der Waals surface area (Å²) in [5.74, 6) is 5.03. The van der Waals surface area contributed by atoms with E-state index in [1.807, 2.05) is 0 Å². The first-order chi connectivity index (χ1) is 3.72. The molecule has 1 aliphatic heterocycles. The van der Waals surface area contributed by atoms with Gasteiger partial charge in [-0.2, -0.15) is 5.01 Å². The molecule has 0 spiro atoms. The second kappa shape index (κ2) is 1.94. The fourth-order valence-corrected chi connectivity index (χ4v) is 0.432. The zero-order valence-corrected chi connectivity index (χ0v) is 4.07. The average molecular weight is 120 g/mol. The lowest BCUT2D eigenvalue weighted by Gasteiger charge is -2.12. The van der Waals surface area contributed by atoms with Crippen LogP contribution in [-0.4, -0.2) is 27.9 Å². The van der Waals surface area contributed by atoms with Crippen LogP contribution in [0.5, 0.6) is 0 Å². The summed E-state index contributed by atoms with van der Waals surface area (Å²) in [7, 11) is 0. The second-order valence-electron chi connectivity index (χ2n) is 1.48. The molecule has 2 atom stereocenters. The maximum Gasteiger partial charge on any atom is 0.191 e. The van der Waals surface area contributed by atoms with E-state index in [1.165, 1.54) is 0 Å². The van der Waals surface area contributed by atoms with Crippen molar-refractivity contribution in [2.24, 2.45) is 5.84 Å². The Morgan fingerprint density at radius 2 is 1.62 bits per heavy atom. The van der Waals surface area contributed by atoms with Gasteiger partial charge in [-0.1, -0.05) is 0 Å². The predicted molar refractivity (Wildman–Crippen MR) is 24.3 cm³/mol. The van der Waals surface area contributed by atoms with Crippen molar-refractivity contribution in [1.82, 2.24) is 15.9 Å². The van der Waals surface area contributed by atoms with Crippen LogP contribution in [0.4, 0.5) is 0 Å². The predicted octanol–water partition coefficient (Wildman–Crippen LogP) is -3.18. The molecule has 0 amide bonds. The molecule has 1 aliphatic rings. The number of nitrogens with one attached hydrogen (secondary N) is 2. The zero-order chi connectivity index (χ0) is 6.15. The summed E-state index contributed by atoms with van der Waals surface area (Å²) in [5.41, 5.74) is 4.55. The van der Waals surface area contributed by atoms with Gasteiger partial charge in [0.25, 0.3) is 0 Å². The van der Waals surface area contributed by atoms with Crippen LogP contribution in [0.15, 0.2) is 0 Å². The number of nitrogens with two attached hydrogens (primary N) is 1. The topological polar surface area (TPSA) is 93.8 Å². The number of hydrazine groups is 2. The lowest BCUT2D eigenvalue weighted by Crippen LogP contribution is -2.44. The van der Waals surface area contributed by atoms with Crippen molar-refractivity contribution in [1.29, 1.82) is 0 Å². The van der Waals surface area contributed by atoms with Crippen molar-refractivity contribution in [3.63, 3.8) is 0 Å². The fraction of sp³-hybridized carbons (Fsp3) is 1.00. The molecule has 0 aliphatic carbocycles. The molecule has 48 valence electrons. The third-order valence-corrected chi connectivity index (χ3v) is 0.906. The normalized spacial score (nSPS) is 40.9. The van der Waals surface area contributed by atoms with Crippen LogP contribution in [0.1, 0.15) is 0 Å². The molecule has 1 heterocycles. The average Bonchev–Trinajstić information content (AvgIpc) is 1.98. The van der Waals surface area contributed by atoms with Crippen LogP contribution in [-0.2, 0) is 0 Å². The highest BCUT2D eigenvalue weighted by atomic mass is 16.4. The van der Waals surface area contributed by atoms with Gasteiger partial charge in [-0.3, -0.25) is 5.84 Å². The highest BCUT2D eigenvalue weighted by Gasteiger charge is 2.25. The number of hydrogen-bond acceptors (Lipinski definition) is 6. The quantitative estimate of drug-likeness (QED) is 0.216. The summed E-state index contributed by atoms with van der Waals surface area (Å²) < 4.78 is 0. The highest BCUT2D eigenvalue weighted by molar-refractivity contribution is 4.58. The fourth-order valence-electron chi connectivity index (χ4n) is 0.432. The molecule has 0 radical (unpaired) electrons. The molecule has 6 N–H and O–H groups in total. The maximum atomic E-state index is 8.64. The molecule has 8 heavy (non-hydrogen) atoms. The molecule has 6 heteroatoms. The van der Waals surface area contributed by atoms with Gasteiger partial charge in [0.1, 0.15) is 0 Å². The lowest BCUT2D eigenvalue weighted by atomic mass is 10.9. The van der Waals surface area contributed by atoms with Gasteiger partial charge in [0.15, 0.2) is 12.7 Å². The standard InChI is InChI=1S/C2H8N4O2/c3-6-1(7)4-5-2(6)8/h1-2,4-5,7-8H,3H2. The molecule has 6 nitrogen and oxygen atoms in total. The highest BCUT2D eigenvalue weighted by Crippen LogP contribution is 1.92. The van der Waals surface area contributed by atoms with Gasteiger partial charge in [-0.05, 0) is 0 Å². The maximum absolute atomic E-state index is 8.64. The van der Waals surface area contributed by atoms with E-state index in [4.69, 9.17) is 16.1 Å². The molecule has 1 saturated heterocycles. The van der Waals surface area contributed by atoms with Gasteiger partial charge < -0.3 is 10.2 Å². The van der Waals surface area contributed by atoms with Crippen molar-refractivity contribution >= 4 is 0 Å². The Bertz CT molecular complexity index is 78.1. The molecule has 0 aromatic rings. The molecule has 2 unspecified atom stereocenters. The minimum Gasteiger partial charge on any atom is -0.363 e. The van der Waals surface area contributed by atoms with Crippen molar-refractivity contribution < 1.29 is 10.2 Å². The number of nitrogens with zero attached hydrogens (tertiary/aromatic N) is 1. The first kappa shape index (κ1) is 5.89. The summed E-state index contributed by atoms with van der Waals surface area (Å²) in [6.07, 6.45) is -2.02. The van der Waals surface area contributed by atoms with Crippen molar-refractivity contribution in [2.75, 3.05) is 0 Å². The molecular weight excluding hydrogens is 112 g/mol. The lowest BCUT2D eigenvalue weighted by molar-refractivity contribution is -0.0622. The van der Waals surface area contributed by atoms with E-state index >= 15 is 0 Å². The Kier molecular flexibility index (Phi) is 1.43. The summed E-state index contributed by atoms with van der Waals surface area (Å²) in [4.78, 5) is 0. The van der Waals surface area contributed by atoms with Crippen LogP contribution >= 0.6 is 0 Å². The van der Waals surface area contributed by atoms with Crippen LogP contribution in [0.25, 0.3) is 0 Å². The summed E-state index contributed by atoms with van der Waals surface area (Å²) in [6.45, 7) is 0. The Labute approximate surface area is 45.8 Å². The molecule has 1 rings (SSSR count). The minimum absolute atomic E-state index is 0.833. The molecule has 1 fully saturated rings. The third-order valence-electron chi connectivity index (χ3n) is 0.906. The van der Waals surface area contributed by atoms with Crippen LogP contribution in [0.3, 0.4) is 0 Å². The van der Waals surface area contributed by atoms with E-state index in [1.54, 1.807) is 0 Å². The molecule has 0 aromatic carbocycles. The minimum atomic E-state index is -1.01. The summed E-state index contributed by atoms with van der Waals surface area (Å²) >= 11 is 0. The van der Waals surface area contributed by atoms with Crippen molar-refractivity contribution in [2.45, 2.75) is 12.7 Å². The van der Waals surface area contributed by atoms with E-state index in [0.717, 1.165) is 5.01 Å². The van der Waals surface area contributed by atoms with Crippen LogP contribution in [0.2, 0.25) is 0 Å². The Balaban J connectivity index is 2.44. The number of rotatable bonds is 0. The van der Waals surface area contributed by atoms with E-state index < -0.39 is 12.7 Å². The number of hydrogen-bond donors (Lipinski definition) is 5. The Hall–Kier alpha value is -0.240. The first-order valence-corrected chi connectivity index (χ1v) is 2.12. The van der Waals surface area contributed by atoms with Crippen LogP contribution in [0, 0.1) is 0 Å². The third kappa shape index (κ3) is 0.802. The second-order valence-corrected chi connectivity index (χ2v) is 1.48. The van der Waals surface area contributed by atoms with Gasteiger partial charge in [0.05, 0.1) is 0 Å². The van der Waals surface area contributed by atoms with E-state index in [9.17, 15) is 0 Å². The van der Waals surface area contributed by atoms with Gasteiger partial charge in [-0.15, -0.1) is 0 Å². The van der Waals surface area contributed by atoms with E-state index in [2.05, 4.69) is 10.9 Å². The Morgan fingerprint density at radius 1 is 1.25 bits per heavy atom. The summed E-state index contributed by atoms with van der Waals surface area (Å²) in [6, 6.07) is 0. The molecule has 0 bridgehead atoms. The van der Waals surface area contributed by atoms with Crippen LogP contribution < -0.4 is 16.7 Å². The largest absolute Gasteiger partial charge is 0.363 e. The molecule has 0 aromatic heterocycles. The number of aliphatic hydroxyl groups is 2. The smallest absolute Gasteiger partial charge is 0.191 e. The van der Waals surface area contributed by atoms with Gasteiger partial charge in [0, 0.05) is 0 Å². The van der Waals surface area contributed by atoms with E-state index in [0.29, 0.717) is 0 Å². The SMILES string of the molecule is NN1C(O)NNC1O. The number of aliphatic hydroxyl groups excluding tert-OH is 2. The molecule has 0 saturated carbocycles. The van der Waals surface area contributed by atoms with Crippen molar-refractivity contribution in [3.05, 3.63) is 0 Å².